The van der Waals surface area contributed by atoms with Crippen LogP contribution in [0.25, 0.3) is 0 Å². The van der Waals surface area contributed by atoms with Gasteiger partial charge in [0, 0.05) is 30.0 Å². The van der Waals surface area contributed by atoms with Crippen LogP contribution in [0, 0.1) is 0 Å². The summed E-state index contributed by atoms with van der Waals surface area (Å²) in [5, 5.41) is 7.45. The molecule has 1 aromatic rings. The van der Waals surface area contributed by atoms with Gasteiger partial charge in [-0.2, -0.15) is 11.8 Å². The van der Waals surface area contributed by atoms with Crippen molar-refractivity contribution in [3.63, 3.8) is 0 Å². The number of guanidine groups is 1. The number of thioether (sulfide) groups is 1. The number of hydrogen-bond acceptors (Lipinski definition) is 4. The lowest BCUT2D eigenvalue weighted by molar-refractivity contribution is 0.391. The summed E-state index contributed by atoms with van der Waals surface area (Å²) in [5.41, 5.74) is 1.04. The number of aliphatic imine (C=N–C) groups is 1. The summed E-state index contributed by atoms with van der Waals surface area (Å²) in [6.45, 7) is 4.47. The van der Waals surface area contributed by atoms with E-state index in [1.54, 1.807) is 14.2 Å². The molecule has 1 atom stereocenters. The largest absolute Gasteiger partial charge is 0.497 e. The molecule has 1 unspecified atom stereocenters. The first-order chi connectivity index (χ1) is 11.3. The molecule has 1 fully saturated rings. The van der Waals surface area contributed by atoms with Gasteiger partial charge in [-0.05, 0) is 37.7 Å². The summed E-state index contributed by atoms with van der Waals surface area (Å²) in [4.78, 5) is 4.67. The fourth-order valence-corrected chi connectivity index (χ4v) is 3.71. The summed E-state index contributed by atoms with van der Waals surface area (Å²) in [6, 6.07) is 5.82. The molecule has 7 heteroatoms. The third-order valence-electron chi connectivity index (χ3n) is 3.77. The van der Waals surface area contributed by atoms with Crippen LogP contribution in [0.3, 0.4) is 0 Å². The van der Waals surface area contributed by atoms with E-state index in [0.29, 0.717) is 11.8 Å². The van der Waals surface area contributed by atoms with E-state index in [0.717, 1.165) is 36.1 Å². The monoisotopic (exact) mass is 465 g/mol. The van der Waals surface area contributed by atoms with Crippen molar-refractivity contribution < 1.29 is 9.47 Å². The molecule has 0 radical (unpaired) electrons. The Kier molecular flexibility index (Phi) is 10.3. The van der Waals surface area contributed by atoms with Crippen molar-refractivity contribution in [2.75, 3.05) is 33.1 Å². The molecule has 2 N–H and O–H groups in total. The number of methoxy groups -OCH3 is 2. The molecule has 1 heterocycles. The van der Waals surface area contributed by atoms with Gasteiger partial charge in [-0.3, -0.25) is 0 Å². The van der Waals surface area contributed by atoms with Gasteiger partial charge in [0.2, 0.25) is 0 Å². The lowest BCUT2D eigenvalue weighted by Crippen LogP contribution is -2.40. The predicted octanol–water partition coefficient (Wildman–Crippen LogP) is 3.27. The van der Waals surface area contributed by atoms with E-state index in [2.05, 4.69) is 22.5 Å². The zero-order valence-electron chi connectivity index (χ0n) is 14.6. The molecule has 0 aliphatic carbocycles. The van der Waals surface area contributed by atoms with Crippen LogP contribution in [0.1, 0.15) is 25.3 Å². The molecule has 136 valence electrons. The lowest BCUT2D eigenvalue weighted by atomic mass is 10.2. The Hall–Kier alpha value is -0.830. The molecule has 5 nitrogen and oxygen atoms in total. The van der Waals surface area contributed by atoms with Crippen molar-refractivity contribution in [3.05, 3.63) is 23.8 Å². The fraction of sp³-hybridized carbons (Fsp3) is 0.588. The smallest absolute Gasteiger partial charge is 0.191 e. The van der Waals surface area contributed by atoms with Crippen LogP contribution in [0.5, 0.6) is 11.5 Å². The van der Waals surface area contributed by atoms with Gasteiger partial charge in [0.05, 0.1) is 20.8 Å². The maximum absolute atomic E-state index is 5.43. The standard InChI is InChI=1S/C17H27N3O2S.HI/c1-4-18-17(20-12-15-6-5-9-23-15)19-11-13-7-8-14(21-2)10-16(13)22-3;/h7-8,10,15H,4-6,9,11-12H2,1-3H3,(H2,18,19,20);1H. The minimum Gasteiger partial charge on any atom is -0.497 e. The van der Waals surface area contributed by atoms with Crippen LogP contribution in [0.15, 0.2) is 23.2 Å². The summed E-state index contributed by atoms with van der Waals surface area (Å²) >= 11 is 2.05. The zero-order chi connectivity index (χ0) is 16.5. The van der Waals surface area contributed by atoms with Crippen molar-refractivity contribution >= 4 is 41.7 Å². The number of nitrogens with zero attached hydrogens (tertiary/aromatic N) is 1. The van der Waals surface area contributed by atoms with Crippen LogP contribution in [0.4, 0.5) is 0 Å². The van der Waals surface area contributed by atoms with Crippen molar-refractivity contribution in [2.45, 2.75) is 31.6 Å². The molecule has 2 rings (SSSR count). The Labute approximate surface area is 166 Å². The average Bonchev–Trinajstić information content (AvgIpc) is 3.10. The predicted molar refractivity (Wildman–Crippen MR) is 113 cm³/mol. The minimum absolute atomic E-state index is 0. The molecular weight excluding hydrogens is 437 g/mol. The highest BCUT2D eigenvalue weighted by Gasteiger charge is 2.15. The topological polar surface area (TPSA) is 54.9 Å². The van der Waals surface area contributed by atoms with Crippen LogP contribution in [-0.2, 0) is 6.54 Å². The van der Waals surface area contributed by atoms with Gasteiger partial charge in [-0.1, -0.05) is 0 Å². The second-order valence-corrected chi connectivity index (χ2v) is 6.80. The molecule has 1 aliphatic rings. The Morgan fingerprint density at radius 2 is 2.12 bits per heavy atom. The second kappa shape index (κ2) is 11.7. The number of ether oxygens (including phenoxy) is 2. The number of halogens is 1. The number of rotatable bonds is 7. The van der Waals surface area contributed by atoms with Gasteiger partial charge in [0.15, 0.2) is 5.96 Å². The third-order valence-corrected chi connectivity index (χ3v) is 5.17. The first kappa shape index (κ1) is 21.2. The van der Waals surface area contributed by atoms with E-state index in [1.165, 1.54) is 18.6 Å². The van der Waals surface area contributed by atoms with Crippen LogP contribution in [0.2, 0.25) is 0 Å². The maximum Gasteiger partial charge on any atom is 0.191 e. The van der Waals surface area contributed by atoms with Gasteiger partial charge < -0.3 is 20.1 Å². The Morgan fingerprint density at radius 1 is 1.29 bits per heavy atom. The average molecular weight is 465 g/mol. The van der Waals surface area contributed by atoms with Gasteiger partial charge in [0.25, 0.3) is 0 Å². The van der Waals surface area contributed by atoms with Crippen LogP contribution in [-0.4, -0.2) is 44.3 Å². The van der Waals surface area contributed by atoms with Crippen molar-refractivity contribution in [1.29, 1.82) is 0 Å². The van der Waals surface area contributed by atoms with Crippen molar-refractivity contribution in [1.82, 2.24) is 10.6 Å². The van der Waals surface area contributed by atoms with Crippen LogP contribution >= 0.6 is 35.7 Å². The molecule has 0 bridgehead atoms. The highest BCUT2D eigenvalue weighted by atomic mass is 127. The Bertz CT molecular complexity index is 523. The molecular formula is C17H28IN3O2S. The number of nitrogens with one attached hydrogen (secondary N) is 2. The van der Waals surface area contributed by atoms with E-state index in [1.807, 2.05) is 30.0 Å². The van der Waals surface area contributed by atoms with Gasteiger partial charge in [-0.15, -0.1) is 24.0 Å². The number of benzene rings is 1. The van der Waals surface area contributed by atoms with E-state index in [9.17, 15) is 0 Å². The third kappa shape index (κ3) is 6.58. The maximum atomic E-state index is 5.43. The van der Waals surface area contributed by atoms with E-state index >= 15 is 0 Å². The highest BCUT2D eigenvalue weighted by Crippen LogP contribution is 2.26. The normalized spacial score (nSPS) is 17.1. The molecule has 0 amide bonds. The molecule has 24 heavy (non-hydrogen) atoms. The van der Waals surface area contributed by atoms with Gasteiger partial charge in [0.1, 0.15) is 11.5 Å². The zero-order valence-corrected chi connectivity index (χ0v) is 17.8. The van der Waals surface area contributed by atoms with E-state index < -0.39 is 0 Å². The summed E-state index contributed by atoms with van der Waals surface area (Å²) in [7, 11) is 3.32. The molecule has 0 aromatic heterocycles. The Balaban J connectivity index is 0.00000288. The molecule has 0 spiro atoms. The van der Waals surface area contributed by atoms with Gasteiger partial charge in [-0.25, -0.2) is 4.99 Å². The summed E-state index contributed by atoms with van der Waals surface area (Å²) in [5.74, 6) is 3.73. The second-order valence-electron chi connectivity index (χ2n) is 5.39. The van der Waals surface area contributed by atoms with Crippen molar-refractivity contribution in [2.24, 2.45) is 4.99 Å². The summed E-state index contributed by atoms with van der Waals surface area (Å²) < 4.78 is 10.7. The quantitative estimate of drug-likeness (QED) is 0.368. The first-order valence-corrected chi connectivity index (χ1v) is 9.16. The van der Waals surface area contributed by atoms with Crippen molar-refractivity contribution in [3.8, 4) is 11.5 Å². The first-order valence-electron chi connectivity index (χ1n) is 8.11. The van der Waals surface area contributed by atoms with Gasteiger partial charge >= 0.3 is 0 Å². The highest BCUT2D eigenvalue weighted by molar-refractivity contribution is 14.0. The van der Waals surface area contributed by atoms with E-state index in [4.69, 9.17) is 9.47 Å². The lowest BCUT2D eigenvalue weighted by Gasteiger charge is -2.15. The number of hydrogen-bond donors (Lipinski definition) is 2. The molecule has 0 saturated carbocycles. The SMILES string of the molecule is CCNC(=NCc1ccc(OC)cc1OC)NCC1CCCS1.I. The molecule has 1 aliphatic heterocycles. The summed E-state index contributed by atoms with van der Waals surface area (Å²) in [6.07, 6.45) is 2.62. The Morgan fingerprint density at radius 3 is 2.75 bits per heavy atom. The minimum atomic E-state index is 0. The molecule has 1 aromatic carbocycles. The molecule has 1 saturated heterocycles. The van der Waals surface area contributed by atoms with Crippen LogP contribution < -0.4 is 20.1 Å². The fourth-order valence-electron chi connectivity index (χ4n) is 2.50. The van der Waals surface area contributed by atoms with E-state index in [-0.39, 0.29) is 24.0 Å².